The molecule has 8 nitrogen and oxygen atoms in total. The Bertz CT molecular complexity index is 976. The predicted octanol–water partition coefficient (Wildman–Crippen LogP) is 8.38. The van der Waals surface area contributed by atoms with Crippen molar-refractivity contribution >= 4 is 28.7 Å². The molecule has 1 N–H and O–H groups in total. The van der Waals surface area contributed by atoms with E-state index in [9.17, 15) is 14.9 Å². The molecule has 0 fully saturated rings. The summed E-state index contributed by atoms with van der Waals surface area (Å²) in [7, 11) is 1.82. The molecule has 36 heavy (non-hydrogen) atoms. The fourth-order valence-electron chi connectivity index (χ4n) is 4.05. The summed E-state index contributed by atoms with van der Waals surface area (Å²) < 4.78 is 0. The lowest BCUT2D eigenvalue weighted by Crippen LogP contribution is -2.20. The van der Waals surface area contributed by atoms with Gasteiger partial charge in [-0.05, 0) is 48.7 Å². The molecule has 0 bridgehead atoms. The first-order valence-corrected chi connectivity index (χ1v) is 13.1. The standard InChI is InChI=1S/C28H40N4O4/c1-3-4-5-6-7-8-9-10-11-12-13-23-14-19-26(27(22-23)32(35)36)30-29-24-15-17-25(18-16-24)31(2)21-20-28(33)34/h14-19,22H,3-13,20-21H2,1-2H3,(H,33,34)/b30-29+. The number of azo groups is 1. The van der Waals surface area contributed by atoms with Crippen molar-refractivity contribution in [1.29, 1.82) is 0 Å². The first-order chi connectivity index (χ1) is 17.4. The van der Waals surface area contributed by atoms with Crippen LogP contribution >= 0.6 is 0 Å². The Morgan fingerprint density at radius 2 is 1.53 bits per heavy atom. The fraction of sp³-hybridized carbons (Fsp3) is 0.536. The summed E-state index contributed by atoms with van der Waals surface area (Å²) in [5, 5.41) is 28.7. The van der Waals surface area contributed by atoms with Gasteiger partial charge < -0.3 is 10.0 Å². The molecule has 0 amide bonds. The molecule has 0 heterocycles. The number of carbonyl (C=O) groups is 1. The second kappa shape index (κ2) is 16.4. The smallest absolute Gasteiger partial charge is 0.305 e. The second-order valence-corrected chi connectivity index (χ2v) is 9.29. The average molecular weight is 497 g/mol. The van der Waals surface area contributed by atoms with Gasteiger partial charge in [-0.2, -0.15) is 5.11 Å². The van der Waals surface area contributed by atoms with E-state index in [1.807, 2.05) is 30.1 Å². The van der Waals surface area contributed by atoms with Crippen LogP contribution in [-0.2, 0) is 11.2 Å². The zero-order valence-electron chi connectivity index (χ0n) is 21.7. The van der Waals surface area contributed by atoms with Gasteiger partial charge in [0.05, 0.1) is 17.0 Å². The number of nitro groups is 1. The maximum absolute atomic E-state index is 11.6. The third kappa shape index (κ3) is 11.0. The number of rotatable bonds is 18. The van der Waals surface area contributed by atoms with Crippen LogP contribution in [-0.4, -0.2) is 29.6 Å². The maximum Gasteiger partial charge on any atom is 0.305 e. The molecule has 196 valence electrons. The van der Waals surface area contributed by atoms with Gasteiger partial charge in [0.2, 0.25) is 0 Å². The number of anilines is 1. The van der Waals surface area contributed by atoms with Crippen molar-refractivity contribution in [2.24, 2.45) is 10.2 Å². The monoisotopic (exact) mass is 496 g/mol. The number of aryl methyl sites for hydroxylation is 1. The van der Waals surface area contributed by atoms with E-state index in [0.717, 1.165) is 30.5 Å². The van der Waals surface area contributed by atoms with Crippen LogP contribution in [0.2, 0.25) is 0 Å². The summed E-state index contributed by atoms with van der Waals surface area (Å²) in [4.78, 5) is 23.8. The van der Waals surface area contributed by atoms with Gasteiger partial charge in [0, 0.05) is 25.3 Å². The number of benzene rings is 2. The Hall–Kier alpha value is -3.29. The first kappa shape index (κ1) is 28.9. The zero-order chi connectivity index (χ0) is 26.2. The Kier molecular flexibility index (Phi) is 13.2. The number of nitrogens with zero attached hydrogens (tertiary/aromatic N) is 4. The molecule has 0 aliphatic rings. The number of hydrogen-bond acceptors (Lipinski definition) is 6. The molecule has 0 aromatic heterocycles. The Balaban J connectivity index is 1.84. The quantitative estimate of drug-likeness (QED) is 0.0964. The molecule has 0 spiro atoms. The van der Waals surface area contributed by atoms with Crippen LogP contribution in [0.25, 0.3) is 0 Å². The molecule has 0 aliphatic heterocycles. The van der Waals surface area contributed by atoms with Crippen LogP contribution < -0.4 is 4.90 Å². The van der Waals surface area contributed by atoms with Crippen LogP contribution in [0.15, 0.2) is 52.7 Å². The van der Waals surface area contributed by atoms with Gasteiger partial charge in [0.15, 0.2) is 5.69 Å². The molecule has 8 heteroatoms. The minimum Gasteiger partial charge on any atom is -0.481 e. The summed E-state index contributed by atoms with van der Waals surface area (Å²) in [5.74, 6) is -0.844. The summed E-state index contributed by atoms with van der Waals surface area (Å²) >= 11 is 0. The zero-order valence-corrected chi connectivity index (χ0v) is 21.7. The van der Waals surface area contributed by atoms with Gasteiger partial charge in [-0.25, -0.2) is 0 Å². The molecule has 0 saturated heterocycles. The molecule has 0 radical (unpaired) electrons. The third-order valence-corrected chi connectivity index (χ3v) is 6.28. The van der Waals surface area contributed by atoms with E-state index in [1.54, 1.807) is 24.3 Å². The van der Waals surface area contributed by atoms with Crippen molar-refractivity contribution in [2.75, 3.05) is 18.5 Å². The van der Waals surface area contributed by atoms with Crippen molar-refractivity contribution in [1.82, 2.24) is 0 Å². The number of hydrogen-bond donors (Lipinski definition) is 1. The van der Waals surface area contributed by atoms with Crippen molar-refractivity contribution in [3.8, 4) is 0 Å². The number of unbranched alkanes of at least 4 members (excludes halogenated alkanes) is 9. The molecule has 2 rings (SSSR count). The van der Waals surface area contributed by atoms with E-state index in [-0.39, 0.29) is 17.8 Å². The topological polar surface area (TPSA) is 108 Å². The largest absolute Gasteiger partial charge is 0.481 e. The summed E-state index contributed by atoms with van der Waals surface area (Å²) in [6, 6.07) is 12.3. The highest BCUT2D eigenvalue weighted by molar-refractivity contribution is 5.67. The van der Waals surface area contributed by atoms with Gasteiger partial charge >= 0.3 is 5.97 Å². The number of carboxylic acids is 1. The van der Waals surface area contributed by atoms with Gasteiger partial charge in [-0.15, -0.1) is 5.11 Å². The van der Waals surface area contributed by atoms with E-state index in [2.05, 4.69) is 17.2 Å². The summed E-state index contributed by atoms with van der Waals surface area (Å²) in [6.07, 6.45) is 13.5. The van der Waals surface area contributed by atoms with Crippen molar-refractivity contribution in [3.05, 3.63) is 58.1 Å². The minimum absolute atomic E-state index is 0.0339. The highest BCUT2D eigenvalue weighted by Crippen LogP contribution is 2.31. The van der Waals surface area contributed by atoms with E-state index >= 15 is 0 Å². The molecule has 0 unspecified atom stereocenters. The first-order valence-electron chi connectivity index (χ1n) is 13.1. The lowest BCUT2D eigenvalue weighted by Gasteiger charge is -2.17. The molecular formula is C28H40N4O4. The average Bonchev–Trinajstić information content (AvgIpc) is 2.87. The van der Waals surface area contributed by atoms with Crippen molar-refractivity contribution in [2.45, 2.75) is 84.0 Å². The summed E-state index contributed by atoms with van der Waals surface area (Å²) in [5.41, 5.74) is 2.57. The lowest BCUT2D eigenvalue weighted by molar-refractivity contribution is -0.384. The van der Waals surface area contributed by atoms with Gasteiger partial charge in [0.25, 0.3) is 5.69 Å². The number of carboxylic acid groups (broad SMARTS) is 1. The Morgan fingerprint density at radius 3 is 2.11 bits per heavy atom. The third-order valence-electron chi connectivity index (χ3n) is 6.28. The van der Waals surface area contributed by atoms with Crippen LogP contribution in [0, 0.1) is 10.1 Å². The van der Waals surface area contributed by atoms with Gasteiger partial charge in [-0.1, -0.05) is 70.8 Å². The minimum atomic E-state index is -0.844. The molecular weight excluding hydrogens is 456 g/mol. The maximum atomic E-state index is 11.6. The van der Waals surface area contributed by atoms with E-state index in [1.165, 1.54) is 51.4 Å². The SMILES string of the molecule is CCCCCCCCCCCCc1ccc(/N=N/c2ccc(N(C)CCC(=O)O)cc2)c([N+](=O)[O-])c1. The number of aliphatic carboxylic acids is 1. The van der Waals surface area contributed by atoms with E-state index < -0.39 is 10.9 Å². The fourth-order valence-corrected chi connectivity index (χ4v) is 4.05. The Morgan fingerprint density at radius 1 is 0.917 bits per heavy atom. The highest BCUT2D eigenvalue weighted by atomic mass is 16.6. The van der Waals surface area contributed by atoms with Crippen molar-refractivity contribution < 1.29 is 14.8 Å². The van der Waals surface area contributed by atoms with Crippen LogP contribution in [0.5, 0.6) is 0 Å². The van der Waals surface area contributed by atoms with Crippen LogP contribution in [0.4, 0.5) is 22.7 Å². The van der Waals surface area contributed by atoms with Crippen LogP contribution in [0.3, 0.4) is 0 Å². The number of nitro benzene ring substituents is 1. The predicted molar refractivity (Wildman–Crippen MR) is 145 cm³/mol. The molecule has 0 aliphatic carbocycles. The van der Waals surface area contributed by atoms with Crippen LogP contribution in [0.1, 0.15) is 83.1 Å². The van der Waals surface area contributed by atoms with Gasteiger partial charge in [0.1, 0.15) is 0 Å². The van der Waals surface area contributed by atoms with Gasteiger partial charge in [-0.3, -0.25) is 14.9 Å². The van der Waals surface area contributed by atoms with Crippen molar-refractivity contribution in [3.63, 3.8) is 0 Å². The summed E-state index contributed by atoms with van der Waals surface area (Å²) in [6.45, 7) is 2.63. The lowest BCUT2D eigenvalue weighted by atomic mass is 10.0. The Labute approximate surface area is 214 Å². The molecule has 0 saturated carbocycles. The van der Waals surface area contributed by atoms with E-state index in [0.29, 0.717) is 12.2 Å². The molecule has 2 aromatic carbocycles. The normalized spacial score (nSPS) is 11.2. The second-order valence-electron chi connectivity index (χ2n) is 9.29. The molecule has 0 atom stereocenters. The highest BCUT2D eigenvalue weighted by Gasteiger charge is 2.14. The molecule has 2 aromatic rings. The van der Waals surface area contributed by atoms with E-state index in [4.69, 9.17) is 5.11 Å².